The number of ether oxygens (including phenoxy) is 1. The Kier molecular flexibility index (Phi) is 4.00. The quantitative estimate of drug-likeness (QED) is 0.896. The second-order valence-corrected chi connectivity index (χ2v) is 6.36. The number of hydrogen-bond donors (Lipinski definition) is 1. The highest BCUT2D eigenvalue weighted by molar-refractivity contribution is 7.99. The van der Waals surface area contributed by atoms with E-state index in [2.05, 4.69) is 12.1 Å². The Morgan fingerprint density at radius 3 is 2.88 bits per heavy atom. The first-order valence-corrected chi connectivity index (χ1v) is 7.35. The van der Waals surface area contributed by atoms with E-state index in [1.807, 2.05) is 37.7 Å². The fourth-order valence-corrected chi connectivity index (χ4v) is 3.00. The van der Waals surface area contributed by atoms with Crippen LogP contribution in [0.3, 0.4) is 0 Å². The summed E-state index contributed by atoms with van der Waals surface area (Å²) in [6, 6.07) is 8.17. The molecule has 17 heavy (non-hydrogen) atoms. The molecule has 2 N–H and O–H groups in total. The molecular weight excluding hydrogens is 230 g/mol. The SMILES string of the molecule is CC(C)(N)c1cccc(OC2CCCSC2)c1. The molecule has 1 aromatic carbocycles. The van der Waals surface area contributed by atoms with Crippen LogP contribution in [0.5, 0.6) is 5.75 Å². The van der Waals surface area contributed by atoms with E-state index in [0.717, 1.165) is 17.1 Å². The van der Waals surface area contributed by atoms with Gasteiger partial charge in [-0.05, 0) is 50.1 Å². The summed E-state index contributed by atoms with van der Waals surface area (Å²) in [5.41, 5.74) is 6.92. The second kappa shape index (κ2) is 5.32. The third kappa shape index (κ3) is 3.65. The fraction of sp³-hybridized carbons (Fsp3) is 0.571. The molecule has 3 heteroatoms. The summed E-state index contributed by atoms with van der Waals surface area (Å²) in [6.45, 7) is 4.03. The molecule has 0 aliphatic carbocycles. The van der Waals surface area contributed by atoms with Gasteiger partial charge in [-0.3, -0.25) is 0 Å². The first kappa shape index (κ1) is 12.8. The Labute approximate surface area is 108 Å². The van der Waals surface area contributed by atoms with Gasteiger partial charge in [-0.1, -0.05) is 12.1 Å². The van der Waals surface area contributed by atoms with Crippen LogP contribution in [0.25, 0.3) is 0 Å². The van der Waals surface area contributed by atoms with E-state index in [4.69, 9.17) is 10.5 Å². The molecule has 1 heterocycles. The molecule has 2 nitrogen and oxygen atoms in total. The standard InChI is InChI=1S/C14H21NOS/c1-14(2,15)11-5-3-6-12(9-11)16-13-7-4-8-17-10-13/h3,5-6,9,13H,4,7-8,10,15H2,1-2H3. The summed E-state index contributed by atoms with van der Waals surface area (Å²) < 4.78 is 6.01. The van der Waals surface area contributed by atoms with Gasteiger partial charge in [0.2, 0.25) is 0 Å². The van der Waals surface area contributed by atoms with Gasteiger partial charge in [0, 0.05) is 11.3 Å². The van der Waals surface area contributed by atoms with Gasteiger partial charge in [-0.2, -0.15) is 11.8 Å². The number of benzene rings is 1. The van der Waals surface area contributed by atoms with E-state index in [1.165, 1.54) is 18.6 Å². The van der Waals surface area contributed by atoms with E-state index >= 15 is 0 Å². The Balaban J connectivity index is 2.05. The molecule has 0 saturated carbocycles. The van der Waals surface area contributed by atoms with E-state index in [-0.39, 0.29) is 5.54 Å². The molecule has 0 bridgehead atoms. The molecule has 0 spiro atoms. The lowest BCUT2D eigenvalue weighted by Gasteiger charge is -2.24. The van der Waals surface area contributed by atoms with Gasteiger partial charge in [0.05, 0.1) is 0 Å². The van der Waals surface area contributed by atoms with Gasteiger partial charge in [0.25, 0.3) is 0 Å². The Morgan fingerprint density at radius 1 is 1.41 bits per heavy atom. The van der Waals surface area contributed by atoms with Crippen LogP contribution >= 0.6 is 11.8 Å². The molecule has 1 aliphatic heterocycles. The number of rotatable bonds is 3. The van der Waals surface area contributed by atoms with Gasteiger partial charge >= 0.3 is 0 Å². The molecule has 0 radical (unpaired) electrons. The van der Waals surface area contributed by atoms with Gasteiger partial charge in [-0.25, -0.2) is 0 Å². The molecule has 1 unspecified atom stereocenters. The van der Waals surface area contributed by atoms with Crippen molar-refractivity contribution in [3.63, 3.8) is 0 Å². The minimum Gasteiger partial charge on any atom is -0.490 e. The summed E-state index contributed by atoms with van der Waals surface area (Å²) in [5, 5.41) is 0. The summed E-state index contributed by atoms with van der Waals surface area (Å²) >= 11 is 1.98. The van der Waals surface area contributed by atoms with Crippen LogP contribution in [0.2, 0.25) is 0 Å². The first-order valence-electron chi connectivity index (χ1n) is 6.19. The van der Waals surface area contributed by atoms with Crippen LogP contribution in [0.4, 0.5) is 0 Å². The lowest BCUT2D eigenvalue weighted by atomic mass is 9.96. The smallest absolute Gasteiger partial charge is 0.120 e. The third-order valence-electron chi connectivity index (χ3n) is 3.00. The van der Waals surface area contributed by atoms with Crippen molar-refractivity contribution in [1.82, 2.24) is 0 Å². The Hall–Kier alpha value is -0.670. The molecule has 1 aromatic rings. The lowest BCUT2D eigenvalue weighted by Crippen LogP contribution is -2.29. The van der Waals surface area contributed by atoms with Crippen LogP contribution in [0, 0.1) is 0 Å². The first-order chi connectivity index (χ1) is 8.05. The topological polar surface area (TPSA) is 35.2 Å². The van der Waals surface area contributed by atoms with Crippen molar-refractivity contribution in [3.05, 3.63) is 29.8 Å². The predicted molar refractivity (Wildman–Crippen MR) is 74.6 cm³/mol. The van der Waals surface area contributed by atoms with E-state index < -0.39 is 0 Å². The zero-order chi connectivity index (χ0) is 12.3. The molecule has 2 rings (SSSR count). The molecule has 1 atom stereocenters. The molecule has 1 saturated heterocycles. The number of hydrogen-bond acceptors (Lipinski definition) is 3. The minimum atomic E-state index is -0.305. The van der Waals surface area contributed by atoms with Crippen molar-refractivity contribution >= 4 is 11.8 Å². The normalized spacial score (nSPS) is 21.2. The van der Waals surface area contributed by atoms with Crippen molar-refractivity contribution in [1.29, 1.82) is 0 Å². The summed E-state index contributed by atoms with van der Waals surface area (Å²) in [6.07, 6.45) is 2.80. The van der Waals surface area contributed by atoms with Gasteiger partial charge in [0.15, 0.2) is 0 Å². The molecular formula is C14H21NOS. The van der Waals surface area contributed by atoms with Crippen LogP contribution < -0.4 is 10.5 Å². The Morgan fingerprint density at radius 2 is 2.24 bits per heavy atom. The van der Waals surface area contributed by atoms with Crippen molar-refractivity contribution < 1.29 is 4.74 Å². The number of nitrogens with two attached hydrogens (primary N) is 1. The average molecular weight is 251 g/mol. The Bertz CT molecular complexity index is 367. The van der Waals surface area contributed by atoms with E-state index in [1.54, 1.807) is 0 Å². The molecule has 0 aromatic heterocycles. The van der Waals surface area contributed by atoms with Crippen LogP contribution in [-0.4, -0.2) is 17.6 Å². The summed E-state index contributed by atoms with van der Waals surface area (Å²) in [5.74, 6) is 3.33. The zero-order valence-electron chi connectivity index (χ0n) is 10.6. The van der Waals surface area contributed by atoms with Gasteiger partial charge in [-0.15, -0.1) is 0 Å². The molecule has 1 fully saturated rings. The minimum absolute atomic E-state index is 0.305. The molecule has 0 amide bonds. The predicted octanol–water partition coefficient (Wildman–Crippen LogP) is 3.15. The maximum atomic E-state index is 6.10. The molecule has 1 aliphatic rings. The lowest BCUT2D eigenvalue weighted by molar-refractivity contribution is 0.211. The van der Waals surface area contributed by atoms with Gasteiger partial charge < -0.3 is 10.5 Å². The monoisotopic (exact) mass is 251 g/mol. The average Bonchev–Trinajstić information content (AvgIpc) is 2.29. The fourth-order valence-electron chi connectivity index (χ4n) is 1.97. The number of thioether (sulfide) groups is 1. The third-order valence-corrected chi connectivity index (χ3v) is 4.18. The highest BCUT2D eigenvalue weighted by Crippen LogP contribution is 2.25. The van der Waals surface area contributed by atoms with Crippen LogP contribution in [-0.2, 0) is 5.54 Å². The van der Waals surface area contributed by atoms with Crippen molar-refractivity contribution in [2.45, 2.75) is 38.3 Å². The summed E-state index contributed by atoms with van der Waals surface area (Å²) in [4.78, 5) is 0. The van der Waals surface area contributed by atoms with Gasteiger partial charge in [0.1, 0.15) is 11.9 Å². The highest BCUT2D eigenvalue weighted by atomic mass is 32.2. The van der Waals surface area contributed by atoms with E-state index in [0.29, 0.717) is 6.10 Å². The molecule has 94 valence electrons. The highest BCUT2D eigenvalue weighted by Gasteiger charge is 2.17. The van der Waals surface area contributed by atoms with Crippen LogP contribution in [0.1, 0.15) is 32.3 Å². The van der Waals surface area contributed by atoms with E-state index in [9.17, 15) is 0 Å². The second-order valence-electron chi connectivity index (χ2n) is 5.21. The largest absolute Gasteiger partial charge is 0.490 e. The van der Waals surface area contributed by atoms with Crippen molar-refractivity contribution in [3.8, 4) is 5.75 Å². The van der Waals surface area contributed by atoms with Crippen LogP contribution in [0.15, 0.2) is 24.3 Å². The summed E-state index contributed by atoms with van der Waals surface area (Å²) in [7, 11) is 0. The van der Waals surface area contributed by atoms with Crippen molar-refractivity contribution in [2.24, 2.45) is 5.73 Å². The maximum absolute atomic E-state index is 6.10. The zero-order valence-corrected chi connectivity index (χ0v) is 11.4. The maximum Gasteiger partial charge on any atom is 0.120 e. The van der Waals surface area contributed by atoms with Crippen molar-refractivity contribution in [2.75, 3.05) is 11.5 Å².